The number of ether oxygens (including phenoxy) is 1. The molecule has 1 saturated heterocycles. The summed E-state index contributed by atoms with van der Waals surface area (Å²) in [6.07, 6.45) is 6.50. The number of nitrogens with zero attached hydrogens (tertiary/aromatic N) is 2. The zero-order chi connectivity index (χ0) is 28.1. The number of benzene rings is 3. The van der Waals surface area contributed by atoms with E-state index in [2.05, 4.69) is 30.1 Å². The second-order valence-corrected chi connectivity index (χ2v) is 11.1. The number of likely N-dealkylation sites (tertiary alicyclic amines) is 1. The Morgan fingerprint density at radius 2 is 1.75 bits per heavy atom. The standard InChI is InChI=1S/C34H39N3O3/c1-24-9-6-12-28(21-24)23-37-30-13-4-5-14-31(30)40-32(34(37)39)22-27-15-17-29(18-16-27)33(38)35-19-8-20-36-25(2)10-7-11-26(36)3/h4-6,9,12-18,21-22,25-26H,7-8,10-11,19-20,23H2,1-3H3,(H,35,38)/b32-22+/t25-,26-/m0/s1. The molecule has 5 rings (SSSR count). The zero-order valence-electron chi connectivity index (χ0n) is 23.7. The lowest BCUT2D eigenvalue weighted by atomic mass is 9.97. The first kappa shape index (κ1) is 27.7. The third-order valence-corrected chi connectivity index (χ3v) is 7.98. The largest absolute Gasteiger partial charge is 0.449 e. The molecule has 40 heavy (non-hydrogen) atoms. The maximum atomic E-state index is 13.5. The number of carbonyl (C=O) groups excluding carboxylic acids is 2. The number of nitrogens with one attached hydrogen (secondary N) is 1. The smallest absolute Gasteiger partial charge is 0.294 e. The molecule has 208 valence electrons. The molecule has 0 aliphatic carbocycles. The molecule has 2 aliphatic heterocycles. The molecule has 2 atom stereocenters. The molecule has 6 heteroatoms. The summed E-state index contributed by atoms with van der Waals surface area (Å²) >= 11 is 0. The van der Waals surface area contributed by atoms with E-state index in [0.717, 1.165) is 35.3 Å². The van der Waals surface area contributed by atoms with Crippen molar-refractivity contribution in [1.29, 1.82) is 0 Å². The molecule has 2 amide bonds. The van der Waals surface area contributed by atoms with Crippen LogP contribution in [0.15, 0.2) is 78.6 Å². The van der Waals surface area contributed by atoms with E-state index in [9.17, 15) is 9.59 Å². The van der Waals surface area contributed by atoms with Crippen molar-refractivity contribution in [2.24, 2.45) is 0 Å². The maximum absolute atomic E-state index is 13.5. The minimum absolute atomic E-state index is 0.0813. The summed E-state index contributed by atoms with van der Waals surface area (Å²) in [5, 5.41) is 3.05. The number of anilines is 1. The van der Waals surface area contributed by atoms with E-state index < -0.39 is 0 Å². The van der Waals surface area contributed by atoms with Crippen molar-refractivity contribution in [2.45, 2.75) is 65.1 Å². The van der Waals surface area contributed by atoms with Crippen LogP contribution in [0.5, 0.6) is 5.75 Å². The van der Waals surface area contributed by atoms with E-state index in [4.69, 9.17) is 4.74 Å². The predicted octanol–water partition coefficient (Wildman–Crippen LogP) is 6.34. The Hall–Kier alpha value is -3.90. The van der Waals surface area contributed by atoms with Crippen LogP contribution in [-0.4, -0.2) is 41.9 Å². The first-order chi connectivity index (χ1) is 19.4. The van der Waals surface area contributed by atoms with Crippen LogP contribution >= 0.6 is 0 Å². The van der Waals surface area contributed by atoms with E-state index >= 15 is 0 Å². The van der Waals surface area contributed by atoms with Gasteiger partial charge in [0, 0.05) is 30.7 Å². The fraction of sp³-hybridized carbons (Fsp3) is 0.353. The molecule has 2 heterocycles. The number of rotatable bonds is 8. The molecule has 0 saturated carbocycles. The van der Waals surface area contributed by atoms with Gasteiger partial charge in [-0.1, -0.05) is 60.5 Å². The Balaban J connectivity index is 1.22. The molecule has 0 radical (unpaired) electrons. The number of piperidine rings is 1. The summed E-state index contributed by atoms with van der Waals surface area (Å²) in [5.74, 6) is 0.622. The molecule has 0 aromatic heterocycles. The number of aryl methyl sites for hydroxylation is 1. The third kappa shape index (κ3) is 6.45. The Morgan fingerprint density at radius 3 is 2.50 bits per heavy atom. The van der Waals surface area contributed by atoms with E-state index in [1.54, 1.807) is 23.1 Å². The van der Waals surface area contributed by atoms with Crippen molar-refractivity contribution < 1.29 is 14.3 Å². The highest BCUT2D eigenvalue weighted by Gasteiger charge is 2.30. The van der Waals surface area contributed by atoms with Gasteiger partial charge in [0.25, 0.3) is 11.8 Å². The number of hydrogen-bond acceptors (Lipinski definition) is 4. The van der Waals surface area contributed by atoms with Crippen molar-refractivity contribution in [1.82, 2.24) is 10.2 Å². The maximum Gasteiger partial charge on any atom is 0.294 e. The molecule has 6 nitrogen and oxygen atoms in total. The molecular formula is C34H39N3O3. The average Bonchev–Trinajstić information content (AvgIpc) is 2.95. The number of hydrogen-bond donors (Lipinski definition) is 1. The van der Waals surface area contributed by atoms with Gasteiger partial charge in [0.15, 0.2) is 11.5 Å². The van der Waals surface area contributed by atoms with Gasteiger partial charge >= 0.3 is 0 Å². The molecule has 1 fully saturated rings. The summed E-state index contributed by atoms with van der Waals surface area (Å²) in [6, 6.07) is 24.3. The van der Waals surface area contributed by atoms with Crippen LogP contribution in [0.3, 0.4) is 0 Å². The van der Waals surface area contributed by atoms with Crippen molar-refractivity contribution in [2.75, 3.05) is 18.0 Å². The highest BCUT2D eigenvalue weighted by Crippen LogP contribution is 2.36. The van der Waals surface area contributed by atoms with Gasteiger partial charge in [-0.2, -0.15) is 0 Å². The van der Waals surface area contributed by atoms with Crippen molar-refractivity contribution in [3.05, 3.63) is 101 Å². The Bertz CT molecular complexity index is 1370. The second-order valence-electron chi connectivity index (χ2n) is 11.1. The van der Waals surface area contributed by atoms with Gasteiger partial charge in [-0.25, -0.2) is 0 Å². The lowest BCUT2D eigenvalue weighted by Crippen LogP contribution is -2.44. The fourth-order valence-corrected chi connectivity index (χ4v) is 5.78. The van der Waals surface area contributed by atoms with Gasteiger partial charge in [-0.05, 0) is 81.5 Å². The number of para-hydroxylation sites is 2. The predicted molar refractivity (Wildman–Crippen MR) is 160 cm³/mol. The quantitative estimate of drug-likeness (QED) is 0.269. The average molecular weight is 538 g/mol. The van der Waals surface area contributed by atoms with Crippen LogP contribution in [0.1, 0.15) is 66.6 Å². The first-order valence-corrected chi connectivity index (χ1v) is 14.4. The Morgan fingerprint density at radius 1 is 1.00 bits per heavy atom. The van der Waals surface area contributed by atoms with Crippen LogP contribution in [-0.2, 0) is 11.3 Å². The van der Waals surface area contributed by atoms with Crippen LogP contribution in [0.25, 0.3) is 6.08 Å². The Labute approximate surface area is 237 Å². The van der Waals surface area contributed by atoms with Gasteiger partial charge in [0.1, 0.15) is 0 Å². The molecule has 0 unspecified atom stereocenters. The number of amides is 2. The molecule has 3 aromatic carbocycles. The number of carbonyl (C=O) groups is 2. The van der Waals surface area contributed by atoms with Crippen LogP contribution < -0.4 is 15.0 Å². The minimum Gasteiger partial charge on any atom is -0.449 e. The van der Waals surface area contributed by atoms with E-state index in [1.807, 2.05) is 61.5 Å². The van der Waals surface area contributed by atoms with Crippen molar-refractivity contribution in [3.8, 4) is 5.75 Å². The fourth-order valence-electron chi connectivity index (χ4n) is 5.78. The third-order valence-electron chi connectivity index (χ3n) is 7.98. The lowest BCUT2D eigenvalue weighted by molar-refractivity contribution is -0.117. The normalized spacial score (nSPS) is 20.2. The summed E-state index contributed by atoms with van der Waals surface area (Å²) < 4.78 is 6.03. The van der Waals surface area contributed by atoms with E-state index in [-0.39, 0.29) is 17.6 Å². The molecule has 0 spiro atoms. The van der Waals surface area contributed by atoms with E-state index in [0.29, 0.717) is 36.5 Å². The molecule has 2 aliphatic rings. The summed E-state index contributed by atoms with van der Waals surface area (Å²) in [6.45, 7) is 8.76. The molecule has 0 bridgehead atoms. The lowest BCUT2D eigenvalue weighted by Gasteiger charge is -2.39. The second kappa shape index (κ2) is 12.5. The van der Waals surface area contributed by atoms with Gasteiger partial charge in [-0.15, -0.1) is 0 Å². The van der Waals surface area contributed by atoms with Crippen LogP contribution in [0.2, 0.25) is 0 Å². The van der Waals surface area contributed by atoms with Gasteiger partial charge < -0.3 is 10.1 Å². The zero-order valence-corrected chi connectivity index (χ0v) is 23.7. The van der Waals surface area contributed by atoms with Gasteiger partial charge in [0.2, 0.25) is 0 Å². The SMILES string of the molecule is Cc1cccc(CN2C(=O)/C(=C\c3ccc(C(=O)NCCCN4[C@@H](C)CCC[C@@H]4C)cc3)Oc3ccccc32)c1. The van der Waals surface area contributed by atoms with Crippen molar-refractivity contribution in [3.63, 3.8) is 0 Å². The molecule has 3 aromatic rings. The highest BCUT2D eigenvalue weighted by molar-refractivity contribution is 6.09. The number of fused-ring (bicyclic) bond motifs is 1. The summed E-state index contributed by atoms with van der Waals surface area (Å²) in [5.41, 5.74) is 4.35. The molecule has 1 N–H and O–H groups in total. The Kier molecular flexibility index (Phi) is 8.66. The van der Waals surface area contributed by atoms with Gasteiger partial charge in [-0.3, -0.25) is 19.4 Å². The topological polar surface area (TPSA) is 61.9 Å². The molecular weight excluding hydrogens is 498 g/mol. The van der Waals surface area contributed by atoms with Crippen LogP contribution in [0.4, 0.5) is 5.69 Å². The summed E-state index contributed by atoms with van der Waals surface area (Å²) in [4.78, 5) is 30.6. The minimum atomic E-state index is -0.195. The van der Waals surface area contributed by atoms with Gasteiger partial charge in [0.05, 0.1) is 12.2 Å². The highest BCUT2D eigenvalue weighted by atomic mass is 16.5. The van der Waals surface area contributed by atoms with Crippen molar-refractivity contribution >= 4 is 23.6 Å². The van der Waals surface area contributed by atoms with Crippen LogP contribution in [0, 0.1) is 6.92 Å². The summed E-state index contributed by atoms with van der Waals surface area (Å²) in [7, 11) is 0. The van der Waals surface area contributed by atoms with E-state index in [1.165, 1.54) is 19.3 Å². The monoisotopic (exact) mass is 537 g/mol. The first-order valence-electron chi connectivity index (χ1n) is 14.4.